The number of hydrogen-bond donors (Lipinski definition) is 1. The smallest absolute Gasteiger partial charge is 0.118 e. The number of anilines is 1. The predicted octanol–water partition coefficient (Wildman–Crippen LogP) is 3.11. The zero-order valence-electron chi connectivity index (χ0n) is 12.6. The number of nitrogens with two attached hydrogens (primary N) is 1. The van der Waals surface area contributed by atoms with Gasteiger partial charge >= 0.3 is 0 Å². The first kappa shape index (κ1) is 14.2. The fourth-order valence-electron chi connectivity index (χ4n) is 2.44. The maximum atomic E-state index is 6.02. The SMILES string of the molecule is COc1ccc(Cc2nccn2Cc2ccccc2N)cc1. The van der Waals surface area contributed by atoms with Crippen molar-refractivity contribution in [1.82, 2.24) is 9.55 Å². The number of aromatic nitrogens is 2. The van der Waals surface area contributed by atoms with Gasteiger partial charge in [0.25, 0.3) is 0 Å². The second-order valence-electron chi connectivity index (χ2n) is 5.20. The van der Waals surface area contributed by atoms with Gasteiger partial charge < -0.3 is 15.0 Å². The third kappa shape index (κ3) is 3.11. The number of nitrogen functional groups attached to an aromatic ring is 1. The maximum Gasteiger partial charge on any atom is 0.118 e. The Hall–Kier alpha value is -2.75. The zero-order chi connectivity index (χ0) is 15.4. The minimum Gasteiger partial charge on any atom is -0.497 e. The summed E-state index contributed by atoms with van der Waals surface area (Å²) in [6.07, 6.45) is 4.60. The van der Waals surface area contributed by atoms with Gasteiger partial charge in [0.1, 0.15) is 11.6 Å². The van der Waals surface area contributed by atoms with E-state index in [2.05, 4.69) is 21.7 Å². The molecular weight excluding hydrogens is 274 g/mol. The monoisotopic (exact) mass is 293 g/mol. The predicted molar refractivity (Wildman–Crippen MR) is 88.0 cm³/mol. The van der Waals surface area contributed by atoms with Crippen LogP contribution in [0.25, 0.3) is 0 Å². The van der Waals surface area contributed by atoms with E-state index in [1.807, 2.05) is 48.8 Å². The molecule has 0 aliphatic carbocycles. The molecule has 0 spiro atoms. The highest BCUT2D eigenvalue weighted by atomic mass is 16.5. The average molecular weight is 293 g/mol. The first-order chi connectivity index (χ1) is 10.8. The van der Waals surface area contributed by atoms with E-state index in [9.17, 15) is 0 Å². The van der Waals surface area contributed by atoms with Gasteiger partial charge in [-0.2, -0.15) is 0 Å². The summed E-state index contributed by atoms with van der Waals surface area (Å²) in [4.78, 5) is 4.47. The molecule has 0 radical (unpaired) electrons. The number of para-hydroxylation sites is 1. The molecule has 112 valence electrons. The third-order valence-electron chi connectivity index (χ3n) is 3.72. The van der Waals surface area contributed by atoms with Crippen LogP contribution in [-0.2, 0) is 13.0 Å². The molecule has 0 amide bonds. The van der Waals surface area contributed by atoms with Crippen molar-refractivity contribution in [2.24, 2.45) is 0 Å². The number of rotatable bonds is 5. The van der Waals surface area contributed by atoms with E-state index in [0.717, 1.165) is 35.8 Å². The summed E-state index contributed by atoms with van der Waals surface area (Å²) in [5.74, 6) is 1.89. The third-order valence-corrected chi connectivity index (χ3v) is 3.72. The number of benzene rings is 2. The Morgan fingerprint density at radius 3 is 2.59 bits per heavy atom. The molecule has 4 heteroatoms. The molecule has 0 aliphatic rings. The standard InChI is InChI=1S/C18H19N3O/c1-22-16-8-6-14(7-9-16)12-18-20-10-11-21(18)13-15-4-2-3-5-17(15)19/h2-11H,12-13,19H2,1H3. The molecule has 22 heavy (non-hydrogen) atoms. The van der Waals surface area contributed by atoms with Crippen molar-refractivity contribution in [3.05, 3.63) is 77.9 Å². The van der Waals surface area contributed by atoms with Crippen LogP contribution in [0, 0.1) is 0 Å². The van der Waals surface area contributed by atoms with Gasteiger partial charge in [-0.15, -0.1) is 0 Å². The van der Waals surface area contributed by atoms with E-state index in [-0.39, 0.29) is 0 Å². The van der Waals surface area contributed by atoms with Crippen molar-refractivity contribution in [3.8, 4) is 5.75 Å². The molecule has 1 heterocycles. The fraction of sp³-hybridized carbons (Fsp3) is 0.167. The van der Waals surface area contributed by atoms with Gasteiger partial charge in [0.2, 0.25) is 0 Å². The summed E-state index contributed by atoms with van der Waals surface area (Å²) in [5, 5.41) is 0. The molecule has 0 unspecified atom stereocenters. The van der Waals surface area contributed by atoms with E-state index in [1.54, 1.807) is 7.11 Å². The zero-order valence-corrected chi connectivity index (χ0v) is 12.6. The van der Waals surface area contributed by atoms with Crippen LogP contribution in [0.5, 0.6) is 5.75 Å². The lowest BCUT2D eigenvalue weighted by molar-refractivity contribution is 0.414. The number of imidazole rings is 1. The van der Waals surface area contributed by atoms with Crippen LogP contribution in [0.4, 0.5) is 5.69 Å². The van der Waals surface area contributed by atoms with Crippen LogP contribution in [0.1, 0.15) is 17.0 Å². The van der Waals surface area contributed by atoms with E-state index in [4.69, 9.17) is 10.5 Å². The van der Waals surface area contributed by atoms with Gasteiger partial charge in [-0.25, -0.2) is 4.98 Å². The molecular formula is C18H19N3O. The molecule has 2 aromatic carbocycles. The highest BCUT2D eigenvalue weighted by Gasteiger charge is 2.06. The van der Waals surface area contributed by atoms with Crippen molar-refractivity contribution in [1.29, 1.82) is 0 Å². The van der Waals surface area contributed by atoms with Crippen LogP contribution in [0.3, 0.4) is 0 Å². The molecule has 0 saturated heterocycles. The largest absolute Gasteiger partial charge is 0.497 e. The lowest BCUT2D eigenvalue weighted by Gasteiger charge is -2.10. The van der Waals surface area contributed by atoms with Crippen LogP contribution in [0.15, 0.2) is 60.9 Å². The Labute approximate surface area is 130 Å². The molecule has 0 fully saturated rings. The van der Waals surface area contributed by atoms with Gasteiger partial charge in [0.15, 0.2) is 0 Å². The minimum absolute atomic E-state index is 0.734. The summed E-state index contributed by atoms with van der Waals surface area (Å²) in [5.41, 5.74) is 9.15. The Bertz CT molecular complexity index is 747. The Kier molecular flexibility index (Phi) is 4.10. The lowest BCUT2D eigenvalue weighted by atomic mass is 10.1. The van der Waals surface area contributed by atoms with E-state index < -0.39 is 0 Å². The Morgan fingerprint density at radius 2 is 1.86 bits per heavy atom. The number of hydrogen-bond acceptors (Lipinski definition) is 3. The summed E-state index contributed by atoms with van der Waals surface area (Å²) in [6.45, 7) is 0.734. The van der Waals surface area contributed by atoms with Crippen molar-refractivity contribution in [2.45, 2.75) is 13.0 Å². The molecule has 0 bridgehead atoms. The summed E-state index contributed by atoms with van der Waals surface area (Å²) >= 11 is 0. The minimum atomic E-state index is 0.734. The number of methoxy groups -OCH3 is 1. The van der Waals surface area contributed by atoms with E-state index in [1.165, 1.54) is 5.56 Å². The number of ether oxygens (including phenoxy) is 1. The molecule has 0 saturated carbocycles. The fourth-order valence-corrected chi connectivity index (χ4v) is 2.44. The molecule has 0 atom stereocenters. The van der Waals surface area contributed by atoms with Crippen molar-refractivity contribution >= 4 is 5.69 Å². The first-order valence-electron chi connectivity index (χ1n) is 7.22. The van der Waals surface area contributed by atoms with Gasteiger partial charge in [0, 0.05) is 24.5 Å². The second kappa shape index (κ2) is 6.35. The molecule has 3 rings (SSSR count). The Morgan fingerprint density at radius 1 is 1.09 bits per heavy atom. The van der Waals surface area contributed by atoms with Crippen LogP contribution >= 0.6 is 0 Å². The normalized spacial score (nSPS) is 10.6. The number of nitrogens with zero attached hydrogens (tertiary/aromatic N) is 2. The molecule has 0 aliphatic heterocycles. The van der Waals surface area contributed by atoms with Gasteiger partial charge in [-0.05, 0) is 29.3 Å². The van der Waals surface area contributed by atoms with Crippen molar-refractivity contribution < 1.29 is 4.74 Å². The van der Waals surface area contributed by atoms with E-state index in [0.29, 0.717) is 0 Å². The summed E-state index contributed by atoms with van der Waals surface area (Å²) in [6, 6.07) is 16.0. The van der Waals surface area contributed by atoms with Crippen molar-refractivity contribution in [2.75, 3.05) is 12.8 Å². The van der Waals surface area contributed by atoms with Crippen LogP contribution in [-0.4, -0.2) is 16.7 Å². The summed E-state index contributed by atoms with van der Waals surface area (Å²) < 4.78 is 7.32. The molecule has 2 N–H and O–H groups in total. The van der Waals surface area contributed by atoms with Crippen LogP contribution < -0.4 is 10.5 Å². The Balaban J connectivity index is 1.78. The van der Waals surface area contributed by atoms with Crippen molar-refractivity contribution in [3.63, 3.8) is 0 Å². The quantitative estimate of drug-likeness (QED) is 0.735. The highest BCUT2D eigenvalue weighted by Crippen LogP contribution is 2.17. The average Bonchev–Trinajstić information content (AvgIpc) is 2.97. The van der Waals surface area contributed by atoms with Gasteiger partial charge in [0.05, 0.1) is 13.7 Å². The maximum absolute atomic E-state index is 6.02. The summed E-state index contributed by atoms with van der Waals surface area (Å²) in [7, 11) is 1.67. The molecule has 4 nitrogen and oxygen atoms in total. The second-order valence-corrected chi connectivity index (χ2v) is 5.20. The van der Waals surface area contributed by atoms with Crippen LogP contribution in [0.2, 0.25) is 0 Å². The van der Waals surface area contributed by atoms with E-state index >= 15 is 0 Å². The highest BCUT2D eigenvalue weighted by molar-refractivity contribution is 5.46. The topological polar surface area (TPSA) is 53.1 Å². The lowest BCUT2D eigenvalue weighted by Crippen LogP contribution is -2.07. The molecule has 1 aromatic heterocycles. The van der Waals surface area contributed by atoms with Gasteiger partial charge in [-0.1, -0.05) is 30.3 Å². The first-order valence-corrected chi connectivity index (χ1v) is 7.22. The van der Waals surface area contributed by atoms with Gasteiger partial charge in [-0.3, -0.25) is 0 Å². The molecule has 3 aromatic rings.